The number of rotatable bonds is 0. The summed E-state index contributed by atoms with van der Waals surface area (Å²) in [6.45, 7) is 3.10. The lowest BCUT2D eigenvalue weighted by Crippen LogP contribution is -2.63. The smallest absolute Gasteiger partial charge is 0.139 e. The zero-order chi connectivity index (χ0) is 16.0. The molecule has 5 rings (SSSR count). The summed E-state index contributed by atoms with van der Waals surface area (Å²) in [7, 11) is 0. The van der Waals surface area contributed by atoms with Gasteiger partial charge in [-0.25, -0.2) is 0 Å². The van der Waals surface area contributed by atoms with Gasteiger partial charge >= 0.3 is 0 Å². The first-order valence-corrected chi connectivity index (χ1v) is 10.2. The average molecular weight is 383 g/mol. The Morgan fingerprint density at radius 3 is 2.87 bits per heavy atom. The molecule has 1 saturated heterocycles. The van der Waals surface area contributed by atoms with Crippen LogP contribution in [0.3, 0.4) is 0 Å². The summed E-state index contributed by atoms with van der Waals surface area (Å²) >= 11 is 4.11. The highest BCUT2D eigenvalue weighted by Crippen LogP contribution is 2.71. The summed E-state index contributed by atoms with van der Waals surface area (Å²) in [5, 5.41) is 10.3. The normalized spacial score (nSPS) is 61.0. The van der Waals surface area contributed by atoms with E-state index in [4.69, 9.17) is 4.74 Å². The molecule has 0 spiro atoms. The largest absolute Gasteiger partial charge is 0.393 e. The molecule has 0 aromatic carbocycles. The summed E-state index contributed by atoms with van der Waals surface area (Å²) < 4.78 is 6.29. The van der Waals surface area contributed by atoms with Crippen LogP contribution in [0, 0.1) is 28.6 Å². The van der Waals surface area contributed by atoms with Crippen molar-refractivity contribution in [3.05, 3.63) is 0 Å². The SMILES string of the molecule is C[C@]12CC[C@H]3[C@@H](C[C@H]4OC[C@]35CC[C@H](O)CC45Br)[C@@H]1CCC2=O. The number of hydrogen-bond donors (Lipinski definition) is 1. The van der Waals surface area contributed by atoms with Crippen molar-refractivity contribution in [2.45, 2.75) is 74.8 Å². The van der Waals surface area contributed by atoms with Crippen molar-refractivity contribution in [1.29, 1.82) is 0 Å². The number of carbonyl (C=O) groups is 1. The maximum atomic E-state index is 12.5. The van der Waals surface area contributed by atoms with Gasteiger partial charge in [0.05, 0.1) is 23.1 Å². The maximum Gasteiger partial charge on any atom is 0.139 e. The van der Waals surface area contributed by atoms with Crippen LogP contribution in [0.1, 0.15) is 58.3 Å². The number of hydrogen-bond acceptors (Lipinski definition) is 3. The van der Waals surface area contributed by atoms with Crippen molar-refractivity contribution in [2.75, 3.05) is 6.61 Å². The van der Waals surface area contributed by atoms with Crippen LogP contribution in [0.25, 0.3) is 0 Å². The highest BCUT2D eigenvalue weighted by atomic mass is 79.9. The number of aliphatic hydroxyl groups excluding tert-OH is 1. The quantitative estimate of drug-likeness (QED) is 0.652. The third kappa shape index (κ3) is 1.67. The molecular weight excluding hydrogens is 356 g/mol. The zero-order valence-electron chi connectivity index (χ0n) is 13.9. The molecule has 23 heavy (non-hydrogen) atoms. The van der Waals surface area contributed by atoms with E-state index in [0.717, 1.165) is 51.6 Å². The van der Waals surface area contributed by atoms with E-state index in [1.165, 1.54) is 6.42 Å². The second-order valence-corrected chi connectivity index (χ2v) is 10.7. The lowest BCUT2D eigenvalue weighted by atomic mass is 9.45. The summed E-state index contributed by atoms with van der Waals surface area (Å²) in [5.41, 5.74) is 0.129. The Bertz CT molecular complexity index is 565. The van der Waals surface area contributed by atoms with E-state index >= 15 is 0 Å². The Kier molecular flexibility index (Phi) is 3.08. The molecule has 1 heterocycles. The van der Waals surface area contributed by atoms with Gasteiger partial charge in [0.2, 0.25) is 0 Å². The van der Waals surface area contributed by atoms with Crippen molar-refractivity contribution in [3.8, 4) is 0 Å². The number of halogens is 1. The number of Topliss-reactive ketones (excluding diaryl/α,β-unsaturated/α-hetero) is 1. The van der Waals surface area contributed by atoms with Crippen LogP contribution in [0.4, 0.5) is 0 Å². The van der Waals surface area contributed by atoms with Crippen LogP contribution < -0.4 is 0 Å². The van der Waals surface area contributed by atoms with Crippen LogP contribution in [-0.2, 0) is 9.53 Å². The Balaban J connectivity index is 1.56. The molecule has 128 valence electrons. The minimum atomic E-state index is -0.190. The number of ether oxygens (including phenoxy) is 1. The van der Waals surface area contributed by atoms with E-state index in [-0.39, 0.29) is 27.4 Å². The van der Waals surface area contributed by atoms with Gasteiger partial charge in [0.1, 0.15) is 5.78 Å². The second kappa shape index (κ2) is 4.62. The van der Waals surface area contributed by atoms with Gasteiger partial charge in [-0.3, -0.25) is 4.79 Å². The average Bonchev–Trinajstić information content (AvgIpc) is 2.88. The van der Waals surface area contributed by atoms with E-state index in [1.54, 1.807) is 0 Å². The molecule has 1 aliphatic heterocycles. The first-order valence-electron chi connectivity index (χ1n) is 9.43. The van der Waals surface area contributed by atoms with Gasteiger partial charge in [-0.1, -0.05) is 22.9 Å². The van der Waals surface area contributed by atoms with Crippen molar-refractivity contribution < 1.29 is 14.6 Å². The number of carbonyl (C=O) groups excluding carboxylic acids is 1. The summed E-state index contributed by atoms with van der Waals surface area (Å²) in [6, 6.07) is 0. The first-order chi connectivity index (χ1) is 10.9. The summed E-state index contributed by atoms with van der Waals surface area (Å²) in [4.78, 5) is 12.5. The second-order valence-electron chi connectivity index (χ2n) is 9.25. The minimum absolute atomic E-state index is 0.0326. The van der Waals surface area contributed by atoms with Gasteiger partial charge < -0.3 is 9.84 Å². The standard InChI is InChI=1S/C19H27BrO3/c1-17-6-5-14-12(13(17)2-3-15(17)22)8-16-19(20)9-11(21)4-7-18(14,19)10-23-16/h11-14,16,21H,2-10H2,1H3/t11-,12-,13-,14-,16+,17-,18+,19?/m0/s1. The Hall–Kier alpha value is 0.0700. The fraction of sp³-hybridized carbons (Fsp3) is 0.947. The summed E-state index contributed by atoms with van der Waals surface area (Å²) in [6.07, 6.45) is 8.06. The molecule has 0 radical (unpaired) electrons. The Morgan fingerprint density at radius 1 is 1.22 bits per heavy atom. The third-order valence-electron chi connectivity index (χ3n) is 8.68. The van der Waals surface area contributed by atoms with Gasteiger partial charge in [0.25, 0.3) is 0 Å². The van der Waals surface area contributed by atoms with E-state index in [0.29, 0.717) is 23.5 Å². The first kappa shape index (κ1) is 15.3. The molecule has 4 saturated carbocycles. The van der Waals surface area contributed by atoms with Gasteiger partial charge in [0, 0.05) is 17.3 Å². The Morgan fingerprint density at radius 2 is 2.04 bits per heavy atom. The highest BCUT2D eigenvalue weighted by molar-refractivity contribution is 9.10. The zero-order valence-corrected chi connectivity index (χ0v) is 15.5. The highest BCUT2D eigenvalue weighted by Gasteiger charge is 2.72. The topological polar surface area (TPSA) is 46.5 Å². The molecule has 4 aliphatic carbocycles. The van der Waals surface area contributed by atoms with Crippen LogP contribution in [0.5, 0.6) is 0 Å². The van der Waals surface area contributed by atoms with Crippen LogP contribution in [0.2, 0.25) is 0 Å². The van der Waals surface area contributed by atoms with E-state index in [1.807, 2.05) is 0 Å². The molecular formula is C19H27BrO3. The molecule has 4 heteroatoms. The molecule has 0 aromatic heterocycles. The molecule has 3 nitrogen and oxygen atoms in total. The minimum Gasteiger partial charge on any atom is -0.393 e. The lowest BCUT2D eigenvalue weighted by molar-refractivity contribution is -0.136. The molecule has 1 N–H and O–H groups in total. The number of aliphatic hydroxyl groups is 1. The number of alkyl halides is 1. The fourth-order valence-electron chi connectivity index (χ4n) is 7.48. The molecule has 2 bridgehead atoms. The monoisotopic (exact) mass is 382 g/mol. The molecule has 1 unspecified atom stereocenters. The van der Waals surface area contributed by atoms with E-state index < -0.39 is 0 Å². The maximum absolute atomic E-state index is 12.5. The van der Waals surface area contributed by atoms with E-state index in [2.05, 4.69) is 22.9 Å². The number of fused-ring (bicyclic) bond motifs is 3. The molecule has 0 amide bonds. The Labute approximate surface area is 146 Å². The van der Waals surface area contributed by atoms with Crippen LogP contribution >= 0.6 is 15.9 Å². The predicted octanol–water partition coefficient (Wildman–Crippen LogP) is 3.47. The molecule has 5 aliphatic rings. The van der Waals surface area contributed by atoms with Gasteiger partial charge in [0.15, 0.2) is 0 Å². The van der Waals surface area contributed by atoms with E-state index in [9.17, 15) is 9.90 Å². The van der Waals surface area contributed by atoms with Crippen molar-refractivity contribution >= 4 is 21.7 Å². The molecule has 5 fully saturated rings. The van der Waals surface area contributed by atoms with Crippen LogP contribution in [0.15, 0.2) is 0 Å². The van der Waals surface area contributed by atoms with Gasteiger partial charge in [-0.05, 0) is 62.7 Å². The fourth-order valence-corrected chi connectivity index (χ4v) is 8.78. The van der Waals surface area contributed by atoms with Gasteiger partial charge in [-0.2, -0.15) is 0 Å². The van der Waals surface area contributed by atoms with Crippen molar-refractivity contribution in [3.63, 3.8) is 0 Å². The lowest BCUT2D eigenvalue weighted by Gasteiger charge is -2.61. The third-order valence-corrected chi connectivity index (χ3v) is 10.3. The molecule has 0 aromatic rings. The predicted molar refractivity (Wildman–Crippen MR) is 90.4 cm³/mol. The van der Waals surface area contributed by atoms with Gasteiger partial charge in [-0.15, -0.1) is 0 Å². The van der Waals surface area contributed by atoms with Crippen molar-refractivity contribution in [1.82, 2.24) is 0 Å². The van der Waals surface area contributed by atoms with Crippen LogP contribution in [-0.4, -0.2) is 34.0 Å². The van der Waals surface area contributed by atoms with Crippen molar-refractivity contribution in [2.24, 2.45) is 28.6 Å². The summed E-state index contributed by atoms with van der Waals surface area (Å²) in [5.74, 6) is 2.39. The number of ketones is 1. The molecule has 8 atom stereocenters.